The normalized spacial score (nSPS) is 16.5. The first-order valence-corrected chi connectivity index (χ1v) is 25.1. The molecular weight excluding hydrogens is 721 g/mol. The van der Waals surface area contributed by atoms with Crippen molar-refractivity contribution < 1.29 is 13.6 Å². The molecule has 0 aliphatic carbocycles. The molecule has 58 heavy (non-hydrogen) atoms. The van der Waals surface area contributed by atoms with Crippen molar-refractivity contribution in [1.82, 2.24) is 0 Å². The molecule has 0 saturated carbocycles. The van der Waals surface area contributed by atoms with E-state index < -0.39 is 8.07 Å². The van der Waals surface area contributed by atoms with Gasteiger partial charge in [0.25, 0.3) is 0 Å². The zero-order valence-corrected chi connectivity index (χ0v) is 37.6. The van der Waals surface area contributed by atoms with Crippen LogP contribution in [0.15, 0.2) is 102 Å². The van der Waals surface area contributed by atoms with Gasteiger partial charge in [-0.05, 0) is 128 Å². The Bertz CT molecular complexity index is 2810. The molecule has 3 aromatic heterocycles. The van der Waals surface area contributed by atoms with E-state index in [1.54, 1.807) is 5.19 Å². The lowest BCUT2D eigenvalue weighted by Gasteiger charge is -2.32. The summed E-state index contributed by atoms with van der Waals surface area (Å²) in [5.41, 5.74) is 21.5. The van der Waals surface area contributed by atoms with E-state index in [-0.39, 0.29) is 12.0 Å². The second-order valence-corrected chi connectivity index (χ2v) is 24.4. The number of rotatable bonds is 5. The van der Waals surface area contributed by atoms with Gasteiger partial charge in [-0.2, -0.15) is 9.13 Å². The monoisotopic (exact) mass is 780 g/mol. The third-order valence-corrected chi connectivity index (χ3v) is 15.3. The van der Waals surface area contributed by atoms with Gasteiger partial charge in [0.05, 0.1) is 25.1 Å². The minimum atomic E-state index is -1.72. The van der Waals surface area contributed by atoms with Crippen LogP contribution in [-0.2, 0) is 12.8 Å². The molecule has 0 radical (unpaired) electrons. The number of hydrogen-bond acceptors (Lipinski definition) is 1. The summed E-state index contributed by atoms with van der Waals surface area (Å²) in [6, 6.07) is 30.5. The van der Waals surface area contributed by atoms with Gasteiger partial charge in [-0.1, -0.05) is 101 Å². The van der Waals surface area contributed by atoms with E-state index >= 15 is 0 Å². The van der Waals surface area contributed by atoms with Gasteiger partial charge in [-0.25, -0.2) is 0 Å². The highest BCUT2D eigenvalue weighted by molar-refractivity contribution is 6.89. The van der Waals surface area contributed by atoms with E-state index in [0.29, 0.717) is 11.8 Å². The minimum Gasteiger partial charge on any atom is -0.455 e. The second-order valence-electron chi connectivity index (χ2n) is 19.4. The number of aromatic nitrogens is 2. The molecule has 5 heterocycles. The maximum atomic E-state index is 7.15. The Hall–Kier alpha value is -5.06. The standard InChI is InChI=1S/C54H60N2OSi/c1-31(2)24-41-28-46-51-34(6)14-13-15-43(51)44-20-16-38-17-21-45-42-19-18-40(50-35(7)25-33(5)26-36(50)8)29-48(42)57-54(45)52(38)47-27-39(32(3)4)22-23-55(47)37(9)53(44)56(46)30-49(41)58(10,11)12/h13-15,17-19,21-23,25-32,44,53H,9,16,20,24H2,1-8,10-12H3/q+2. The third-order valence-electron chi connectivity index (χ3n) is 13.3. The lowest BCUT2D eigenvalue weighted by molar-refractivity contribution is -0.726. The van der Waals surface area contributed by atoms with Gasteiger partial charge < -0.3 is 4.42 Å². The molecule has 9 rings (SSSR count). The Labute approximate surface area is 347 Å². The van der Waals surface area contributed by atoms with Crippen molar-refractivity contribution in [3.05, 3.63) is 142 Å². The second kappa shape index (κ2) is 14.0. The summed E-state index contributed by atoms with van der Waals surface area (Å²) in [6.45, 7) is 30.9. The van der Waals surface area contributed by atoms with Crippen molar-refractivity contribution in [3.63, 3.8) is 0 Å². The molecule has 2 aliphatic heterocycles. The average molecular weight is 781 g/mol. The summed E-state index contributed by atoms with van der Waals surface area (Å²) in [7, 11) is -1.72. The first kappa shape index (κ1) is 38.5. The van der Waals surface area contributed by atoms with Crippen molar-refractivity contribution in [2.75, 3.05) is 0 Å². The van der Waals surface area contributed by atoms with Crippen molar-refractivity contribution in [3.8, 4) is 33.6 Å². The Morgan fingerprint density at radius 1 is 0.776 bits per heavy atom. The summed E-state index contributed by atoms with van der Waals surface area (Å²) in [5, 5.41) is 3.89. The average Bonchev–Trinajstić information content (AvgIpc) is 3.54. The summed E-state index contributed by atoms with van der Waals surface area (Å²) in [6.07, 6.45) is 7.92. The van der Waals surface area contributed by atoms with Crippen LogP contribution < -0.4 is 14.3 Å². The first-order valence-electron chi connectivity index (χ1n) is 21.6. The molecule has 4 heteroatoms. The molecule has 294 valence electrons. The van der Waals surface area contributed by atoms with Gasteiger partial charge in [0.15, 0.2) is 12.4 Å². The maximum absolute atomic E-state index is 7.15. The van der Waals surface area contributed by atoms with E-state index in [1.165, 1.54) is 83.5 Å². The Morgan fingerprint density at radius 3 is 2.22 bits per heavy atom. The van der Waals surface area contributed by atoms with Crippen LogP contribution in [0.3, 0.4) is 0 Å². The number of furan rings is 1. The maximum Gasteiger partial charge on any atom is 0.249 e. The van der Waals surface area contributed by atoms with Crippen LogP contribution in [0.4, 0.5) is 0 Å². The highest BCUT2D eigenvalue weighted by Crippen LogP contribution is 2.48. The molecule has 0 amide bonds. The fraction of sp³-hybridized carbons (Fsp3) is 0.333. The first-order chi connectivity index (χ1) is 27.6. The van der Waals surface area contributed by atoms with Crippen molar-refractivity contribution in [2.24, 2.45) is 5.92 Å². The Balaban J connectivity index is 1.31. The number of nitrogens with zero attached hydrogens (tertiary/aromatic N) is 2. The van der Waals surface area contributed by atoms with E-state index in [0.717, 1.165) is 41.5 Å². The number of fused-ring (bicyclic) bond motifs is 13. The lowest BCUT2D eigenvalue weighted by atomic mass is 9.77. The topological polar surface area (TPSA) is 20.9 Å². The minimum absolute atomic E-state index is 0.0465. The smallest absolute Gasteiger partial charge is 0.249 e. The third kappa shape index (κ3) is 6.22. The van der Waals surface area contributed by atoms with E-state index in [4.69, 9.17) is 11.0 Å². The molecule has 0 bridgehead atoms. The molecule has 3 nitrogen and oxygen atoms in total. The molecule has 7 aromatic rings. The van der Waals surface area contributed by atoms with Crippen LogP contribution in [0, 0.1) is 33.6 Å². The highest BCUT2D eigenvalue weighted by atomic mass is 28.3. The Kier molecular flexibility index (Phi) is 9.31. The summed E-state index contributed by atoms with van der Waals surface area (Å²) < 4.78 is 12.2. The van der Waals surface area contributed by atoms with Crippen molar-refractivity contribution in [2.45, 2.75) is 112 Å². The SMILES string of the molecule is C=C1C2C(CCc3ccc4c(oc5cc(-c6c(C)cc(C)cc6C)ccc54)c3-c3cc(C(C)C)cc[n+]31)c1cccc(C)c1-c1cc(CC(C)C)c([Si](C)(C)C)c[n+]12. The summed E-state index contributed by atoms with van der Waals surface area (Å²) in [5.74, 6) is 1.20. The van der Waals surface area contributed by atoms with E-state index in [1.807, 2.05) is 0 Å². The predicted molar refractivity (Wildman–Crippen MR) is 247 cm³/mol. The van der Waals surface area contributed by atoms with Gasteiger partial charge in [-0.15, -0.1) is 0 Å². The van der Waals surface area contributed by atoms with Crippen LogP contribution in [0.2, 0.25) is 19.6 Å². The van der Waals surface area contributed by atoms with Gasteiger partial charge in [-0.3, -0.25) is 0 Å². The number of hydrogen-bond donors (Lipinski definition) is 0. The van der Waals surface area contributed by atoms with Crippen LogP contribution in [0.5, 0.6) is 0 Å². The highest BCUT2D eigenvalue weighted by Gasteiger charge is 2.48. The number of pyridine rings is 2. The molecule has 0 N–H and O–H groups in total. The largest absolute Gasteiger partial charge is 0.455 e. The number of allylic oxidation sites excluding steroid dienone is 1. The fourth-order valence-corrected chi connectivity index (χ4v) is 12.3. The quantitative estimate of drug-likeness (QED) is 0.126. The van der Waals surface area contributed by atoms with Crippen LogP contribution in [-0.4, -0.2) is 8.07 Å². The molecular formula is C54H60N2OSi+2. The van der Waals surface area contributed by atoms with Crippen LogP contribution in [0.1, 0.15) is 96.5 Å². The van der Waals surface area contributed by atoms with Crippen LogP contribution >= 0.6 is 0 Å². The molecule has 4 aromatic carbocycles. The van der Waals surface area contributed by atoms with Gasteiger partial charge in [0.1, 0.15) is 11.2 Å². The van der Waals surface area contributed by atoms with Crippen LogP contribution in [0.25, 0.3) is 61.3 Å². The predicted octanol–water partition coefficient (Wildman–Crippen LogP) is 13.0. The van der Waals surface area contributed by atoms with Gasteiger partial charge >= 0.3 is 0 Å². The number of benzene rings is 4. The molecule has 0 saturated heterocycles. The molecule has 2 unspecified atom stereocenters. The molecule has 0 spiro atoms. The summed E-state index contributed by atoms with van der Waals surface area (Å²) in [4.78, 5) is 0. The lowest BCUT2D eigenvalue weighted by Crippen LogP contribution is -2.57. The number of aryl methyl sites for hydroxylation is 5. The zero-order valence-electron chi connectivity index (χ0n) is 36.6. The van der Waals surface area contributed by atoms with Crippen molar-refractivity contribution >= 4 is 40.9 Å². The van der Waals surface area contributed by atoms with E-state index in [9.17, 15) is 0 Å². The van der Waals surface area contributed by atoms with Gasteiger partial charge in [0, 0.05) is 34.2 Å². The Morgan fingerprint density at radius 2 is 1.52 bits per heavy atom. The van der Waals surface area contributed by atoms with Gasteiger partial charge in [0.2, 0.25) is 23.1 Å². The molecule has 2 atom stereocenters. The summed E-state index contributed by atoms with van der Waals surface area (Å²) >= 11 is 0. The zero-order chi connectivity index (χ0) is 40.9. The molecule has 0 fully saturated rings. The van der Waals surface area contributed by atoms with E-state index in [2.05, 4.69) is 175 Å². The fourth-order valence-electron chi connectivity index (χ4n) is 10.7. The van der Waals surface area contributed by atoms with Crippen molar-refractivity contribution in [1.29, 1.82) is 0 Å². The molecule has 2 aliphatic rings.